The normalized spacial score (nSPS) is 54.8. The van der Waals surface area contributed by atoms with Crippen molar-refractivity contribution in [1.29, 1.82) is 0 Å². The van der Waals surface area contributed by atoms with Gasteiger partial charge in [-0.1, -0.05) is 27.7 Å². The summed E-state index contributed by atoms with van der Waals surface area (Å²) in [6.07, 6.45) is 6.80. The van der Waals surface area contributed by atoms with Crippen molar-refractivity contribution < 1.29 is 4.74 Å². The zero-order valence-corrected chi connectivity index (χ0v) is 12.9. The first-order valence-corrected chi connectivity index (χ1v) is 7.92. The lowest BCUT2D eigenvalue weighted by molar-refractivity contribution is -0.157. The smallest absolute Gasteiger partial charge is 0.0688 e. The third-order valence-corrected chi connectivity index (χ3v) is 6.70. The van der Waals surface area contributed by atoms with Crippen molar-refractivity contribution in [3.8, 4) is 0 Å². The van der Waals surface area contributed by atoms with Crippen LogP contribution in [0.4, 0.5) is 0 Å². The Morgan fingerprint density at radius 1 is 0.944 bits per heavy atom. The van der Waals surface area contributed by atoms with Crippen molar-refractivity contribution in [2.75, 3.05) is 6.61 Å². The SMILES string of the molecule is CC1CC(C)(C)C2CCC3(C)OCCC3C2(C)C1. The first-order valence-electron chi connectivity index (χ1n) is 7.92. The predicted octanol–water partition coefficient (Wildman–Crippen LogP) is 4.65. The van der Waals surface area contributed by atoms with Gasteiger partial charge in [-0.3, -0.25) is 0 Å². The monoisotopic (exact) mass is 250 g/mol. The van der Waals surface area contributed by atoms with Crippen LogP contribution >= 0.6 is 0 Å². The fourth-order valence-corrected chi connectivity index (χ4v) is 6.52. The minimum atomic E-state index is 0.193. The summed E-state index contributed by atoms with van der Waals surface area (Å²) in [6, 6.07) is 0. The van der Waals surface area contributed by atoms with E-state index in [1.165, 1.54) is 32.1 Å². The van der Waals surface area contributed by atoms with Crippen LogP contribution in [-0.2, 0) is 4.74 Å². The summed E-state index contributed by atoms with van der Waals surface area (Å²) in [4.78, 5) is 0. The largest absolute Gasteiger partial charge is 0.375 e. The summed E-state index contributed by atoms with van der Waals surface area (Å²) in [5.74, 6) is 2.58. The molecule has 5 unspecified atom stereocenters. The van der Waals surface area contributed by atoms with Crippen molar-refractivity contribution in [2.45, 2.75) is 72.3 Å². The van der Waals surface area contributed by atoms with E-state index in [0.717, 1.165) is 24.4 Å². The van der Waals surface area contributed by atoms with Crippen LogP contribution in [0.5, 0.6) is 0 Å². The Balaban J connectivity index is 2.00. The van der Waals surface area contributed by atoms with Gasteiger partial charge in [-0.25, -0.2) is 0 Å². The third-order valence-electron chi connectivity index (χ3n) is 6.70. The minimum absolute atomic E-state index is 0.193. The predicted molar refractivity (Wildman–Crippen MR) is 75.5 cm³/mol. The molecule has 3 aliphatic rings. The third kappa shape index (κ3) is 1.62. The molecule has 1 saturated heterocycles. The molecule has 1 heterocycles. The van der Waals surface area contributed by atoms with E-state index in [1.807, 2.05) is 0 Å². The fraction of sp³-hybridized carbons (Fsp3) is 1.00. The van der Waals surface area contributed by atoms with Gasteiger partial charge in [0.05, 0.1) is 5.60 Å². The van der Waals surface area contributed by atoms with Crippen LogP contribution in [0, 0.1) is 28.6 Å². The topological polar surface area (TPSA) is 9.23 Å². The lowest BCUT2D eigenvalue weighted by Gasteiger charge is -2.61. The van der Waals surface area contributed by atoms with E-state index in [2.05, 4.69) is 34.6 Å². The Hall–Kier alpha value is -0.0400. The van der Waals surface area contributed by atoms with Gasteiger partial charge in [-0.2, -0.15) is 0 Å². The highest BCUT2D eigenvalue weighted by molar-refractivity contribution is 5.10. The Morgan fingerprint density at radius 3 is 2.39 bits per heavy atom. The number of fused-ring (bicyclic) bond motifs is 3. The minimum Gasteiger partial charge on any atom is -0.375 e. The maximum Gasteiger partial charge on any atom is 0.0688 e. The molecule has 0 amide bonds. The van der Waals surface area contributed by atoms with E-state index < -0.39 is 0 Å². The van der Waals surface area contributed by atoms with E-state index in [1.54, 1.807) is 0 Å². The van der Waals surface area contributed by atoms with Crippen LogP contribution < -0.4 is 0 Å². The van der Waals surface area contributed by atoms with Crippen LogP contribution in [0.25, 0.3) is 0 Å². The van der Waals surface area contributed by atoms with Crippen molar-refractivity contribution in [3.63, 3.8) is 0 Å². The first kappa shape index (κ1) is 13.0. The van der Waals surface area contributed by atoms with Gasteiger partial charge in [0, 0.05) is 6.61 Å². The van der Waals surface area contributed by atoms with Crippen molar-refractivity contribution in [1.82, 2.24) is 0 Å². The molecular weight excluding hydrogens is 220 g/mol. The maximum absolute atomic E-state index is 6.16. The number of ether oxygens (including phenoxy) is 1. The van der Waals surface area contributed by atoms with E-state index in [4.69, 9.17) is 4.74 Å². The second-order valence-electron chi connectivity index (χ2n) is 8.60. The summed E-state index contributed by atoms with van der Waals surface area (Å²) in [7, 11) is 0. The quantitative estimate of drug-likeness (QED) is 0.608. The summed E-state index contributed by atoms with van der Waals surface area (Å²) in [5.41, 5.74) is 1.24. The average molecular weight is 250 g/mol. The fourth-order valence-electron chi connectivity index (χ4n) is 6.52. The molecule has 2 saturated carbocycles. The molecule has 0 radical (unpaired) electrons. The lowest BCUT2D eigenvalue weighted by Crippen LogP contribution is -2.57. The van der Waals surface area contributed by atoms with E-state index in [-0.39, 0.29) is 5.60 Å². The van der Waals surface area contributed by atoms with Crippen LogP contribution in [-0.4, -0.2) is 12.2 Å². The molecule has 3 rings (SSSR count). The van der Waals surface area contributed by atoms with Crippen LogP contribution in [0.2, 0.25) is 0 Å². The molecular formula is C17H30O. The van der Waals surface area contributed by atoms with Gasteiger partial charge in [-0.15, -0.1) is 0 Å². The highest BCUT2D eigenvalue weighted by Gasteiger charge is 2.61. The summed E-state index contributed by atoms with van der Waals surface area (Å²) < 4.78 is 6.16. The Morgan fingerprint density at radius 2 is 1.67 bits per heavy atom. The van der Waals surface area contributed by atoms with Crippen molar-refractivity contribution in [2.24, 2.45) is 28.6 Å². The molecule has 1 aliphatic heterocycles. The van der Waals surface area contributed by atoms with Crippen molar-refractivity contribution >= 4 is 0 Å². The van der Waals surface area contributed by atoms with Gasteiger partial charge in [0.1, 0.15) is 0 Å². The molecule has 18 heavy (non-hydrogen) atoms. The van der Waals surface area contributed by atoms with Crippen LogP contribution in [0.3, 0.4) is 0 Å². The molecule has 0 aromatic heterocycles. The van der Waals surface area contributed by atoms with Crippen LogP contribution in [0.15, 0.2) is 0 Å². The molecule has 0 bridgehead atoms. The van der Waals surface area contributed by atoms with Gasteiger partial charge in [0.15, 0.2) is 0 Å². The van der Waals surface area contributed by atoms with Gasteiger partial charge >= 0.3 is 0 Å². The Labute approximate surface area is 113 Å². The molecule has 0 N–H and O–H groups in total. The van der Waals surface area contributed by atoms with Gasteiger partial charge in [-0.05, 0) is 67.6 Å². The molecule has 2 aliphatic carbocycles. The van der Waals surface area contributed by atoms with Crippen LogP contribution in [0.1, 0.15) is 66.7 Å². The molecule has 0 aromatic rings. The highest BCUT2D eigenvalue weighted by Crippen LogP contribution is 2.65. The zero-order valence-electron chi connectivity index (χ0n) is 12.9. The molecule has 1 nitrogen and oxygen atoms in total. The van der Waals surface area contributed by atoms with Gasteiger partial charge in [0.25, 0.3) is 0 Å². The molecule has 104 valence electrons. The lowest BCUT2D eigenvalue weighted by atomic mass is 9.44. The molecule has 1 heteroatoms. The van der Waals surface area contributed by atoms with Gasteiger partial charge in [0.2, 0.25) is 0 Å². The highest BCUT2D eigenvalue weighted by atomic mass is 16.5. The average Bonchev–Trinajstić information content (AvgIpc) is 2.58. The standard InChI is InChI=1S/C17H30O/c1-12-10-15(2,3)13-6-8-17(5)14(7-9-18-17)16(13,4)11-12/h12-14H,6-11H2,1-5H3. The first-order chi connectivity index (χ1) is 8.28. The maximum atomic E-state index is 6.16. The number of hydrogen-bond donors (Lipinski definition) is 0. The molecule has 5 atom stereocenters. The van der Waals surface area contributed by atoms with Crippen molar-refractivity contribution in [3.05, 3.63) is 0 Å². The summed E-state index contributed by atoms with van der Waals surface area (Å²) in [5, 5.41) is 0. The van der Waals surface area contributed by atoms with E-state index in [9.17, 15) is 0 Å². The summed E-state index contributed by atoms with van der Waals surface area (Å²) >= 11 is 0. The Kier molecular flexibility index (Phi) is 2.70. The second kappa shape index (κ2) is 3.75. The molecule has 0 aromatic carbocycles. The molecule has 0 spiro atoms. The summed E-state index contributed by atoms with van der Waals surface area (Å²) in [6.45, 7) is 13.5. The zero-order chi connectivity index (χ0) is 13.2. The Bertz CT molecular complexity index is 344. The van der Waals surface area contributed by atoms with E-state index in [0.29, 0.717) is 10.8 Å². The molecule has 3 fully saturated rings. The number of rotatable bonds is 0. The van der Waals surface area contributed by atoms with Gasteiger partial charge < -0.3 is 4.74 Å². The van der Waals surface area contributed by atoms with E-state index >= 15 is 0 Å². The second-order valence-corrected chi connectivity index (χ2v) is 8.60. The number of hydrogen-bond acceptors (Lipinski definition) is 1.